The number of nitriles is 1. The summed E-state index contributed by atoms with van der Waals surface area (Å²) in [6.07, 6.45) is 0. The first-order valence-corrected chi connectivity index (χ1v) is 8.11. The van der Waals surface area contributed by atoms with Crippen LogP contribution in [0.2, 0.25) is 5.02 Å². The summed E-state index contributed by atoms with van der Waals surface area (Å²) in [5, 5.41) is 12.4. The van der Waals surface area contributed by atoms with E-state index in [1.807, 2.05) is 24.3 Å². The fraction of sp³-hybridized carbons (Fsp3) is 0.222. The van der Waals surface area contributed by atoms with Crippen molar-refractivity contribution in [1.82, 2.24) is 4.90 Å². The topological polar surface area (TPSA) is 59.4 Å². The van der Waals surface area contributed by atoms with Gasteiger partial charge in [-0.1, -0.05) is 23.7 Å². The molecule has 2 aromatic rings. The lowest BCUT2D eigenvalue weighted by atomic mass is 10.2. The minimum Gasteiger partial charge on any atom is -0.367 e. The summed E-state index contributed by atoms with van der Waals surface area (Å²) < 4.78 is 0. The molecular formula is C18H17ClN4O. The minimum atomic E-state index is -0.126. The number of nitrogens with zero attached hydrogens (tertiary/aromatic N) is 3. The number of rotatable bonds is 2. The quantitative estimate of drug-likeness (QED) is 0.909. The van der Waals surface area contributed by atoms with Crippen molar-refractivity contribution in [2.75, 3.05) is 36.4 Å². The van der Waals surface area contributed by atoms with Gasteiger partial charge in [0, 0.05) is 31.9 Å². The molecule has 0 aromatic heterocycles. The molecule has 2 aromatic carbocycles. The number of carbonyl (C=O) groups is 1. The summed E-state index contributed by atoms with van der Waals surface area (Å²) in [4.78, 5) is 16.3. The molecule has 1 saturated heterocycles. The molecule has 3 rings (SSSR count). The van der Waals surface area contributed by atoms with Crippen LogP contribution in [0.4, 0.5) is 16.2 Å². The van der Waals surface area contributed by atoms with Gasteiger partial charge in [-0.05, 0) is 36.4 Å². The zero-order valence-electron chi connectivity index (χ0n) is 13.1. The number of hydrogen-bond donors (Lipinski definition) is 1. The lowest BCUT2D eigenvalue weighted by Gasteiger charge is -2.36. The molecule has 0 atom stereocenters. The van der Waals surface area contributed by atoms with Crippen LogP contribution >= 0.6 is 11.6 Å². The van der Waals surface area contributed by atoms with Gasteiger partial charge in [-0.15, -0.1) is 0 Å². The van der Waals surface area contributed by atoms with Crippen molar-refractivity contribution in [2.24, 2.45) is 0 Å². The summed E-state index contributed by atoms with van der Waals surface area (Å²) in [6.45, 7) is 2.75. The van der Waals surface area contributed by atoms with Gasteiger partial charge in [0.25, 0.3) is 0 Å². The Balaban J connectivity index is 1.57. The first kappa shape index (κ1) is 16.2. The minimum absolute atomic E-state index is 0.126. The van der Waals surface area contributed by atoms with Crippen LogP contribution in [0.5, 0.6) is 0 Å². The Hall–Kier alpha value is -2.71. The molecule has 5 nitrogen and oxygen atoms in total. The number of urea groups is 1. The van der Waals surface area contributed by atoms with Crippen LogP contribution in [-0.2, 0) is 0 Å². The van der Waals surface area contributed by atoms with Crippen LogP contribution in [0.25, 0.3) is 0 Å². The van der Waals surface area contributed by atoms with E-state index in [9.17, 15) is 4.79 Å². The SMILES string of the molecule is N#Cc1ccc(NC(=O)N2CCN(c3ccccc3Cl)CC2)cc1. The summed E-state index contributed by atoms with van der Waals surface area (Å²) in [5.41, 5.74) is 2.26. The van der Waals surface area contributed by atoms with Crippen LogP contribution in [0.1, 0.15) is 5.56 Å². The zero-order valence-corrected chi connectivity index (χ0v) is 13.8. The Morgan fingerprint density at radius 3 is 2.33 bits per heavy atom. The largest absolute Gasteiger partial charge is 0.367 e. The molecule has 0 radical (unpaired) electrons. The van der Waals surface area contributed by atoms with Crippen LogP contribution in [0.15, 0.2) is 48.5 Å². The van der Waals surface area contributed by atoms with Crippen molar-refractivity contribution >= 4 is 29.0 Å². The standard InChI is InChI=1S/C18H17ClN4O/c19-16-3-1-2-4-17(16)22-9-11-23(12-10-22)18(24)21-15-7-5-14(13-20)6-8-15/h1-8H,9-12H2,(H,21,24). The van der Waals surface area contributed by atoms with Crippen LogP contribution in [0, 0.1) is 11.3 Å². The highest BCUT2D eigenvalue weighted by Gasteiger charge is 2.22. The van der Waals surface area contributed by atoms with E-state index < -0.39 is 0 Å². The number of amides is 2. The number of nitrogens with one attached hydrogen (secondary N) is 1. The third-order valence-corrected chi connectivity index (χ3v) is 4.34. The Morgan fingerprint density at radius 2 is 1.71 bits per heavy atom. The first-order valence-electron chi connectivity index (χ1n) is 7.73. The molecular weight excluding hydrogens is 324 g/mol. The molecule has 2 amide bonds. The average Bonchev–Trinajstić information content (AvgIpc) is 2.63. The molecule has 1 heterocycles. The fourth-order valence-corrected chi connectivity index (χ4v) is 2.94. The number of carbonyl (C=O) groups excluding carboxylic acids is 1. The molecule has 122 valence electrons. The van der Waals surface area contributed by atoms with Gasteiger partial charge in [0.2, 0.25) is 0 Å². The molecule has 6 heteroatoms. The van der Waals surface area contributed by atoms with E-state index in [-0.39, 0.29) is 6.03 Å². The van der Waals surface area contributed by atoms with Gasteiger partial charge in [0.05, 0.1) is 22.3 Å². The molecule has 1 fully saturated rings. The first-order chi connectivity index (χ1) is 11.7. The normalized spacial score (nSPS) is 14.2. The number of halogens is 1. The second kappa shape index (κ2) is 7.24. The monoisotopic (exact) mass is 340 g/mol. The summed E-state index contributed by atoms with van der Waals surface area (Å²) >= 11 is 6.23. The number of piperazine rings is 1. The van der Waals surface area contributed by atoms with Crippen molar-refractivity contribution < 1.29 is 4.79 Å². The van der Waals surface area contributed by atoms with E-state index in [1.54, 1.807) is 29.2 Å². The predicted octanol–water partition coefficient (Wildman–Crippen LogP) is 3.57. The Bertz CT molecular complexity index is 761. The van der Waals surface area contributed by atoms with Gasteiger partial charge in [-0.2, -0.15) is 5.26 Å². The van der Waals surface area contributed by atoms with Gasteiger partial charge in [0.15, 0.2) is 0 Å². The van der Waals surface area contributed by atoms with Crippen molar-refractivity contribution in [3.8, 4) is 6.07 Å². The number of benzene rings is 2. The fourth-order valence-electron chi connectivity index (χ4n) is 2.69. The van der Waals surface area contributed by atoms with E-state index in [0.717, 1.165) is 23.8 Å². The van der Waals surface area contributed by atoms with Crippen molar-refractivity contribution in [3.63, 3.8) is 0 Å². The molecule has 0 saturated carbocycles. The third kappa shape index (κ3) is 3.61. The lowest BCUT2D eigenvalue weighted by molar-refractivity contribution is 0.208. The molecule has 0 unspecified atom stereocenters. The van der Waals surface area contributed by atoms with E-state index in [1.165, 1.54) is 0 Å². The van der Waals surface area contributed by atoms with Gasteiger partial charge >= 0.3 is 6.03 Å². The molecule has 0 aliphatic carbocycles. The highest BCUT2D eigenvalue weighted by Crippen LogP contribution is 2.26. The van der Waals surface area contributed by atoms with Crippen LogP contribution in [0.3, 0.4) is 0 Å². The van der Waals surface area contributed by atoms with Gasteiger partial charge in [-0.3, -0.25) is 0 Å². The van der Waals surface area contributed by atoms with Crippen molar-refractivity contribution in [2.45, 2.75) is 0 Å². The Kier molecular flexibility index (Phi) is 4.88. The smallest absolute Gasteiger partial charge is 0.321 e. The second-order valence-electron chi connectivity index (χ2n) is 5.54. The highest BCUT2D eigenvalue weighted by molar-refractivity contribution is 6.33. The third-order valence-electron chi connectivity index (χ3n) is 4.03. The number of hydrogen-bond acceptors (Lipinski definition) is 3. The van der Waals surface area contributed by atoms with Crippen LogP contribution < -0.4 is 10.2 Å². The van der Waals surface area contributed by atoms with E-state index in [2.05, 4.69) is 16.3 Å². The molecule has 1 aliphatic rings. The number of anilines is 2. The maximum absolute atomic E-state index is 12.3. The predicted molar refractivity (Wildman–Crippen MR) is 95.4 cm³/mol. The molecule has 24 heavy (non-hydrogen) atoms. The van der Waals surface area contributed by atoms with Gasteiger partial charge in [0.1, 0.15) is 0 Å². The van der Waals surface area contributed by atoms with Crippen molar-refractivity contribution in [3.05, 3.63) is 59.1 Å². The molecule has 1 N–H and O–H groups in total. The van der Waals surface area contributed by atoms with E-state index in [0.29, 0.717) is 24.3 Å². The summed E-state index contributed by atoms with van der Waals surface area (Å²) in [5.74, 6) is 0. The Labute approximate surface area is 146 Å². The lowest BCUT2D eigenvalue weighted by Crippen LogP contribution is -2.50. The van der Waals surface area contributed by atoms with Crippen LogP contribution in [-0.4, -0.2) is 37.1 Å². The molecule has 0 bridgehead atoms. The maximum Gasteiger partial charge on any atom is 0.321 e. The van der Waals surface area contributed by atoms with E-state index >= 15 is 0 Å². The Morgan fingerprint density at radius 1 is 1.04 bits per heavy atom. The van der Waals surface area contributed by atoms with E-state index in [4.69, 9.17) is 16.9 Å². The van der Waals surface area contributed by atoms with Crippen molar-refractivity contribution in [1.29, 1.82) is 5.26 Å². The van der Waals surface area contributed by atoms with Gasteiger partial charge in [-0.25, -0.2) is 4.79 Å². The van der Waals surface area contributed by atoms with Gasteiger partial charge < -0.3 is 15.1 Å². The number of para-hydroxylation sites is 1. The highest BCUT2D eigenvalue weighted by atomic mass is 35.5. The average molecular weight is 341 g/mol. The second-order valence-corrected chi connectivity index (χ2v) is 5.95. The maximum atomic E-state index is 12.3. The molecule has 0 spiro atoms. The summed E-state index contributed by atoms with van der Waals surface area (Å²) in [7, 11) is 0. The molecule has 1 aliphatic heterocycles. The summed E-state index contributed by atoms with van der Waals surface area (Å²) in [6, 6.07) is 16.5. The zero-order chi connectivity index (χ0) is 16.9.